The summed E-state index contributed by atoms with van der Waals surface area (Å²) in [6.07, 6.45) is -4.77. The lowest BCUT2D eigenvalue weighted by molar-refractivity contribution is -0.151. The summed E-state index contributed by atoms with van der Waals surface area (Å²) >= 11 is 0. The van der Waals surface area contributed by atoms with Crippen LogP contribution in [0.5, 0.6) is 0 Å². The molecule has 1 atom stereocenters. The van der Waals surface area contributed by atoms with Gasteiger partial charge in [0.1, 0.15) is 17.2 Å². The summed E-state index contributed by atoms with van der Waals surface area (Å²) in [5.41, 5.74) is -1.05. The highest BCUT2D eigenvalue weighted by Crippen LogP contribution is 2.39. The van der Waals surface area contributed by atoms with Gasteiger partial charge in [-0.15, -0.1) is 0 Å². The average molecular weight is 481 g/mol. The second-order valence-electron chi connectivity index (χ2n) is 9.09. The van der Waals surface area contributed by atoms with E-state index in [1.807, 2.05) is 0 Å². The number of ether oxygens (including phenoxy) is 1. The highest BCUT2D eigenvalue weighted by molar-refractivity contribution is 5.96. The number of hydrogen-bond donors (Lipinski definition) is 0. The van der Waals surface area contributed by atoms with Gasteiger partial charge in [-0.1, -0.05) is 18.2 Å². The van der Waals surface area contributed by atoms with Gasteiger partial charge in [-0.3, -0.25) is 4.79 Å². The number of carbonyl (C=O) groups is 2. The van der Waals surface area contributed by atoms with Crippen molar-refractivity contribution in [2.45, 2.75) is 58.4 Å². The molecule has 0 saturated carbocycles. The van der Waals surface area contributed by atoms with E-state index in [9.17, 15) is 31.5 Å². The number of carbonyl (C=O) groups excluding carboxylic acids is 2. The highest BCUT2D eigenvalue weighted by atomic mass is 19.4. The van der Waals surface area contributed by atoms with E-state index in [1.54, 1.807) is 20.8 Å². The van der Waals surface area contributed by atoms with Crippen molar-refractivity contribution in [3.8, 4) is 0 Å². The molecule has 3 rings (SSSR count). The lowest BCUT2D eigenvalue weighted by Gasteiger charge is -2.35. The molecule has 0 spiro atoms. The van der Waals surface area contributed by atoms with Gasteiger partial charge >= 0.3 is 12.1 Å². The Morgan fingerprint density at radius 1 is 1.06 bits per heavy atom. The van der Waals surface area contributed by atoms with Crippen molar-refractivity contribution in [3.05, 3.63) is 82.1 Å². The van der Waals surface area contributed by atoms with Crippen LogP contribution < -0.4 is 0 Å². The fraction of sp³-hybridized carbons (Fsp3) is 0.360. The van der Waals surface area contributed by atoms with Crippen LogP contribution in [0.1, 0.15) is 56.7 Å². The first kappa shape index (κ1) is 25.4. The Kier molecular flexibility index (Phi) is 6.87. The molecule has 0 radical (unpaired) electrons. The maximum atomic E-state index is 14.2. The molecule has 2 aromatic carbocycles. The van der Waals surface area contributed by atoms with Crippen LogP contribution in [0.2, 0.25) is 0 Å². The number of allylic oxidation sites excluding steroid dienone is 1. The number of alkyl halides is 3. The van der Waals surface area contributed by atoms with Gasteiger partial charge in [0.15, 0.2) is 0 Å². The van der Waals surface area contributed by atoms with Gasteiger partial charge in [0, 0.05) is 29.7 Å². The standard InChI is InChI=1S/C25H24F5NO3/c1-14-22(23(33)34-24(2,3)4)19(15-5-8-17(9-6-15)25(28,29)30)12-21(32)31(14)13-16-7-10-18(26)11-20(16)27/h5-11,19H,12-13H2,1-4H3. The molecular formula is C25H24F5NO3. The van der Waals surface area contributed by atoms with Crippen LogP contribution in [0.25, 0.3) is 0 Å². The minimum absolute atomic E-state index is 0.0469. The Morgan fingerprint density at radius 3 is 2.21 bits per heavy atom. The van der Waals surface area contributed by atoms with Crippen LogP contribution in [0.4, 0.5) is 22.0 Å². The molecule has 34 heavy (non-hydrogen) atoms. The van der Waals surface area contributed by atoms with Crippen molar-refractivity contribution in [2.24, 2.45) is 0 Å². The Morgan fingerprint density at radius 2 is 1.68 bits per heavy atom. The molecule has 1 aliphatic rings. The quantitative estimate of drug-likeness (QED) is 0.391. The van der Waals surface area contributed by atoms with Gasteiger partial charge in [0.05, 0.1) is 17.7 Å². The third-order valence-corrected chi connectivity index (χ3v) is 5.43. The molecule has 1 aliphatic heterocycles. The van der Waals surface area contributed by atoms with E-state index in [4.69, 9.17) is 4.74 Å². The van der Waals surface area contributed by atoms with Crippen molar-refractivity contribution in [1.29, 1.82) is 0 Å². The van der Waals surface area contributed by atoms with Gasteiger partial charge in [-0.2, -0.15) is 13.2 Å². The summed E-state index contributed by atoms with van der Waals surface area (Å²) in [6.45, 7) is 6.23. The minimum Gasteiger partial charge on any atom is -0.457 e. The Labute approximate surface area is 194 Å². The van der Waals surface area contributed by atoms with Gasteiger partial charge in [-0.05, 0) is 51.5 Å². The molecule has 9 heteroatoms. The first-order chi connectivity index (χ1) is 15.7. The van der Waals surface area contributed by atoms with E-state index in [1.165, 1.54) is 30.0 Å². The third kappa shape index (κ3) is 5.63. The second kappa shape index (κ2) is 9.19. The predicted molar refractivity (Wildman–Crippen MR) is 114 cm³/mol. The van der Waals surface area contributed by atoms with Crippen molar-refractivity contribution in [1.82, 2.24) is 4.90 Å². The Hall–Kier alpha value is -3.23. The summed E-state index contributed by atoms with van der Waals surface area (Å²) in [7, 11) is 0. The number of rotatable bonds is 4. The minimum atomic E-state index is -4.53. The zero-order chi connectivity index (χ0) is 25.4. The zero-order valence-electron chi connectivity index (χ0n) is 19.1. The first-order valence-corrected chi connectivity index (χ1v) is 10.5. The van der Waals surface area contributed by atoms with E-state index in [-0.39, 0.29) is 29.8 Å². The normalized spacial score (nSPS) is 17.3. The first-order valence-electron chi connectivity index (χ1n) is 10.5. The fourth-order valence-electron chi connectivity index (χ4n) is 3.81. The second-order valence-corrected chi connectivity index (χ2v) is 9.09. The summed E-state index contributed by atoms with van der Waals surface area (Å²) in [4.78, 5) is 27.3. The lowest BCUT2D eigenvalue weighted by atomic mass is 9.83. The molecule has 1 amide bonds. The zero-order valence-corrected chi connectivity index (χ0v) is 19.1. The molecule has 1 heterocycles. The molecule has 0 fully saturated rings. The number of amides is 1. The van der Waals surface area contributed by atoms with Crippen molar-refractivity contribution >= 4 is 11.9 Å². The molecule has 4 nitrogen and oxygen atoms in total. The maximum absolute atomic E-state index is 14.2. The van der Waals surface area contributed by atoms with E-state index in [0.29, 0.717) is 11.6 Å². The summed E-state index contributed by atoms with van der Waals surface area (Å²) in [5.74, 6) is -3.65. The van der Waals surface area contributed by atoms with E-state index in [0.717, 1.165) is 18.2 Å². The highest BCUT2D eigenvalue weighted by Gasteiger charge is 2.39. The number of hydrogen-bond acceptors (Lipinski definition) is 3. The van der Waals surface area contributed by atoms with Gasteiger partial charge in [0.25, 0.3) is 0 Å². The number of halogens is 5. The maximum Gasteiger partial charge on any atom is 0.416 e. The molecule has 2 aromatic rings. The fourth-order valence-corrected chi connectivity index (χ4v) is 3.81. The topological polar surface area (TPSA) is 46.6 Å². The smallest absolute Gasteiger partial charge is 0.416 e. The molecule has 0 saturated heterocycles. The molecule has 0 bridgehead atoms. The SMILES string of the molecule is CC1=C(C(=O)OC(C)(C)C)C(c2ccc(C(F)(F)F)cc2)CC(=O)N1Cc1ccc(F)cc1F. The van der Waals surface area contributed by atoms with Crippen LogP contribution in [-0.4, -0.2) is 22.4 Å². The summed E-state index contributed by atoms with van der Waals surface area (Å²) < 4.78 is 72.0. The summed E-state index contributed by atoms with van der Waals surface area (Å²) in [5, 5.41) is 0. The molecule has 0 N–H and O–H groups in total. The number of esters is 1. The number of benzene rings is 2. The Balaban J connectivity index is 2.06. The van der Waals surface area contributed by atoms with E-state index in [2.05, 4.69) is 0 Å². The van der Waals surface area contributed by atoms with Crippen molar-refractivity contribution in [3.63, 3.8) is 0 Å². The predicted octanol–water partition coefficient (Wildman–Crippen LogP) is 6.12. The largest absolute Gasteiger partial charge is 0.457 e. The molecule has 0 aliphatic carbocycles. The summed E-state index contributed by atoms with van der Waals surface area (Å²) in [6, 6.07) is 7.21. The Bertz CT molecular complexity index is 1130. The molecular weight excluding hydrogens is 457 g/mol. The van der Waals surface area contributed by atoms with Crippen LogP contribution in [0.15, 0.2) is 53.7 Å². The van der Waals surface area contributed by atoms with Crippen LogP contribution in [0.3, 0.4) is 0 Å². The van der Waals surface area contributed by atoms with Gasteiger partial charge in [0.2, 0.25) is 5.91 Å². The van der Waals surface area contributed by atoms with Crippen LogP contribution >= 0.6 is 0 Å². The van der Waals surface area contributed by atoms with Crippen molar-refractivity contribution < 1.29 is 36.3 Å². The van der Waals surface area contributed by atoms with Crippen LogP contribution in [0, 0.1) is 11.6 Å². The van der Waals surface area contributed by atoms with Crippen molar-refractivity contribution in [2.75, 3.05) is 0 Å². The number of nitrogens with zero attached hydrogens (tertiary/aromatic N) is 1. The van der Waals surface area contributed by atoms with Gasteiger partial charge < -0.3 is 9.64 Å². The molecule has 0 aromatic heterocycles. The van der Waals surface area contributed by atoms with E-state index < -0.39 is 46.8 Å². The average Bonchev–Trinajstić information content (AvgIpc) is 2.70. The van der Waals surface area contributed by atoms with Crippen LogP contribution in [-0.2, 0) is 27.0 Å². The lowest BCUT2D eigenvalue weighted by Crippen LogP contribution is -2.39. The molecule has 1 unspecified atom stereocenters. The monoisotopic (exact) mass is 481 g/mol. The van der Waals surface area contributed by atoms with E-state index >= 15 is 0 Å². The molecule has 182 valence electrons. The van der Waals surface area contributed by atoms with Gasteiger partial charge in [-0.25, -0.2) is 13.6 Å². The third-order valence-electron chi connectivity index (χ3n) is 5.43.